The van der Waals surface area contributed by atoms with E-state index in [0.29, 0.717) is 5.75 Å². The first-order valence-electron chi connectivity index (χ1n) is 6.85. The Hall–Kier alpha value is -1.85. The molecule has 1 N–H and O–H groups in total. The maximum atomic E-state index is 11.0. The summed E-state index contributed by atoms with van der Waals surface area (Å²) in [6.07, 6.45) is 0. The molecule has 0 atom stereocenters. The van der Waals surface area contributed by atoms with Gasteiger partial charge in [0.25, 0.3) is 5.69 Å². The van der Waals surface area contributed by atoms with Crippen molar-refractivity contribution in [3.05, 3.63) is 69.8 Å². The number of thioether (sulfide) groups is 1. The Morgan fingerprint density at radius 1 is 1.14 bits per heavy atom. The van der Waals surface area contributed by atoms with Crippen LogP contribution in [0.4, 0.5) is 5.69 Å². The van der Waals surface area contributed by atoms with Crippen LogP contribution in [0, 0.1) is 10.1 Å². The van der Waals surface area contributed by atoms with E-state index in [0.717, 1.165) is 23.5 Å². The van der Waals surface area contributed by atoms with E-state index in [1.165, 1.54) is 5.56 Å². The van der Waals surface area contributed by atoms with Gasteiger partial charge in [-0.1, -0.05) is 37.3 Å². The van der Waals surface area contributed by atoms with Crippen molar-refractivity contribution in [3.8, 4) is 0 Å². The zero-order valence-electron chi connectivity index (χ0n) is 11.9. The summed E-state index contributed by atoms with van der Waals surface area (Å²) in [5, 5.41) is 14.2. The van der Waals surface area contributed by atoms with Crippen molar-refractivity contribution in [2.75, 3.05) is 6.54 Å². The molecular formula is C16H18N2O2S. The van der Waals surface area contributed by atoms with Gasteiger partial charge in [0.2, 0.25) is 0 Å². The van der Waals surface area contributed by atoms with E-state index in [1.54, 1.807) is 23.9 Å². The van der Waals surface area contributed by atoms with Gasteiger partial charge in [-0.3, -0.25) is 10.1 Å². The first-order chi connectivity index (χ1) is 10.2. The maximum absolute atomic E-state index is 11.0. The zero-order chi connectivity index (χ0) is 15.1. The molecule has 2 aromatic rings. The summed E-state index contributed by atoms with van der Waals surface area (Å²) >= 11 is 1.61. The molecule has 0 saturated heterocycles. The second-order valence-corrected chi connectivity index (χ2v) is 5.65. The number of hydrogen-bond donors (Lipinski definition) is 1. The molecular weight excluding hydrogens is 284 g/mol. The number of nitrogens with one attached hydrogen (secondary N) is 1. The van der Waals surface area contributed by atoms with Crippen LogP contribution in [0.5, 0.6) is 0 Å². The summed E-state index contributed by atoms with van der Waals surface area (Å²) in [4.78, 5) is 11.8. The van der Waals surface area contributed by atoms with Crippen LogP contribution in [-0.4, -0.2) is 11.5 Å². The minimum Gasteiger partial charge on any atom is -0.313 e. The van der Waals surface area contributed by atoms with Crippen molar-refractivity contribution in [1.29, 1.82) is 0 Å². The van der Waals surface area contributed by atoms with Crippen molar-refractivity contribution in [2.45, 2.75) is 24.1 Å². The number of benzene rings is 2. The second-order valence-electron chi connectivity index (χ2n) is 4.60. The number of nitro benzene ring substituents is 1. The average Bonchev–Trinajstić information content (AvgIpc) is 2.52. The lowest BCUT2D eigenvalue weighted by Crippen LogP contribution is -2.11. The molecule has 2 aromatic carbocycles. The van der Waals surface area contributed by atoms with E-state index in [1.807, 2.05) is 12.1 Å². The highest BCUT2D eigenvalue weighted by Gasteiger charge is 2.12. The van der Waals surface area contributed by atoms with Gasteiger partial charge in [0.05, 0.1) is 4.92 Å². The molecule has 0 unspecified atom stereocenters. The number of nitrogens with zero attached hydrogens (tertiary/aromatic N) is 1. The molecule has 21 heavy (non-hydrogen) atoms. The fraction of sp³-hybridized carbons (Fsp3) is 0.250. The molecule has 0 fully saturated rings. The molecule has 0 aliphatic carbocycles. The zero-order valence-corrected chi connectivity index (χ0v) is 12.7. The minimum absolute atomic E-state index is 0.189. The molecule has 2 rings (SSSR count). The molecule has 0 heterocycles. The molecule has 5 heteroatoms. The molecule has 0 aliphatic heterocycles. The highest BCUT2D eigenvalue weighted by molar-refractivity contribution is 7.98. The topological polar surface area (TPSA) is 55.2 Å². The van der Waals surface area contributed by atoms with Gasteiger partial charge in [-0.15, -0.1) is 11.8 Å². The van der Waals surface area contributed by atoms with Gasteiger partial charge in [0.1, 0.15) is 0 Å². The lowest BCUT2D eigenvalue weighted by molar-refractivity contribution is -0.385. The monoisotopic (exact) mass is 302 g/mol. The van der Waals surface area contributed by atoms with Crippen LogP contribution < -0.4 is 5.32 Å². The van der Waals surface area contributed by atoms with E-state index in [2.05, 4.69) is 36.5 Å². The average molecular weight is 302 g/mol. The number of nitro groups is 1. The lowest BCUT2D eigenvalue weighted by atomic mass is 10.2. The first-order valence-corrected chi connectivity index (χ1v) is 7.84. The predicted octanol–water partition coefficient (Wildman–Crippen LogP) is 4.00. The predicted molar refractivity (Wildman–Crippen MR) is 86.5 cm³/mol. The molecule has 4 nitrogen and oxygen atoms in total. The Kier molecular flexibility index (Phi) is 5.78. The smallest absolute Gasteiger partial charge is 0.273 e. The molecule has 0 aliphatic rings. The fourth-order valence-corrected chi connectivity index (χ4v) is 2.84. The number of rotatable bonds is 7. The van der Waals surface area contributed by atoms with Crippen LogP contribution in [0.3, 0.4) is 0 Å². The van der Waals surface area contributed by atoms with Crippen molar-refractivity contribution < 1.29 is 4.92 Å². The molecule has 0 amide bonds. The van der Waals surface area contributed by atoms with Gasteiger partial charge < -0.3 is 5.32 Å². The Bertz CT molecular complexity index is 599. The van der Waals surface area contributed by atoms with Crippen LogP contribution >= 0.6 is 11.8 Å². The van der Waals surface area contributed by atoms with Crippen molar-refractivity contribution >= 4 is 17.4 Å². The summed E-state index contributed by atoms with van der Waals surface area (Å²) < 4.78 is 0. The van der Waals surface area contributed by atoms with Gasteiger partial charge in [-0.05, 0) is 24.2 Å². The Morgan fingerprint density at radius 2 is 1.86 bits per heavy atom. The standard InChI is InChI=1S/C16H18N2O2S/c1-2-17-11-13-7-9-15(10-8-13)21-12-14-5-3-4-6-16(14)18(19)20/h3-10,17H,2,11-12H2,1H3. The molecule has 0 spiro atoms. The highest BCUT2D eigenvalue weighted by Crippen LogP contribution is 2.27. The van der Waals surface area contributed by atoms with Crippen LogP contribution in [0.1, 0.15) is 18.1 Å². The van der Waals surface area contributed by atoms with Crippen molar-refractivity contribution in [1.82, 2.24) is 5.32 Å². The SMILES string of the molecule is CCNCc1ccc(SCc2ccccc2[N+](=O)[O-])cc1. The molecule has 0 bridgehead atoms. The van der Waals surface area contributed by atoms with Crippen LogP contribution in [0.25, 0.3) is 0 Å². The highest BCUT2D eigenvalue weighted by atomic mass is 32.2. The summed E-state index contributed by atoms with van der Waals surface area (Å²) in [6.45, 7) is 3.90. The summed E-state index contributed by atoms with van der Waals surface area (Å²) in [5.41, 5.74) is 2.19. The summed E-state index contributed by atoms with van der Waals surface area (Å²) in [6, 6.07) is 15.2. The second kappa shape index (κ2) is 7.81. The van der Waals surface area contributed by atoms with E-state index < -0.39 is 0 Å². The first kappa shape index (κ1) is 15.5. The van der Waals surface area contributed by atoms with E-state index >= 15 is 0 Å². The van der Waals surface area contributed by atoms with Crippen molar-refractivity contribution in [3.63, 3.8) is 0 Å². The molecule has 0 aromatic heterocycles. The van der Waals surface area contributed by atoms with Crippen molar-refractivity contribution in [2.24, 2.45) is 0 Å². The van der Waals surface area contributed by atoms with Gasteiger partial charge in [-0.25, -0.2) is 0 Å². The Labute approximate surface area is 128 Å². The quantitative estimate of drug-likeness (QED) is 0.477. The van der Waals surface area contributed by atoms with Gasteiger partial charge >= 0.3 is 0 Å². The summed E-state index contributed by atoms with van der Waals surface area (Å²) in [7, 11) is 0. The minimum atomic E-state index is -0.324. The largest absolute Gasteiger partial charge is 0.313 e. The Balaban J connectivity index is 1.98. The third-order valence-corrected chi connectivity index (χ3v) is 4.15. The lowest BCUT2D eigenvalue weighted by Gasteiger charge is -2.05. The van der Waals surface area contributed by atoms with Gasteiger partial charge in [0, 0.05) is 28.8 Å². The summed E-state index contributed by atoms with van der Waals surface area (Å²) in [5.74, 6) is 0.601. The third kappa shape index (κ3) is 4.58. The third-order valence-electron chi connectivity index (χ3n) is 3.09. The van der Waals surface area contributed by atoms with E-state index in [-0.39, 0.29) is 10.6 Å². The number of hydrogen-bond acceptors (Lipinski definition) is 4. The van der Waals surface area contributed by atoms with Crippen LogP contribution in [-0.2, 0) is 12.3 Å². The fourth-order valence-electron chi connectivity index (χ4n) is 1.94. The van der Waals surface area contributed by atoms with Crippen LogP contribution in [0.2, 0.25) is 0 Å². The van der Waals surface area contributed by atoms with E-state index in [4.69, 9.17) is 0 Å². The van der Waals surface area contributed by atoms with Gasteiger partial charge in [-0.2, -0.15) is 0 Å². The molecule has 110 valence electrons. The molecule has 0 saturated carbocycles. The Morgan fingerprint density at radius 3 is 2.52 bits per heavy atom. The van der Waals surface area contributed by atoms with E-state index in [9.17, 15) is 10.1 Å². The van der Waals surface area contributed by atoms with Gasteiger partial charge in [0.15, 0.2) is 0 Å². The maximum Gasteiger partial charge on any atom is 0.273 e. The van der Waals surface area contributed by atoms with Crippen LogP contribution in [0.15, 0.2) is 53.4 Å². The number of para-hydroxylation sites is 1. The normalized spacial score (nSPS) is 10.5. The molecule has 0 radical (unpaired) electrons.